The van der Waals surface area contributed by atoms with Crippen LogP contribution in [0.15, 0.2) is 24.4 Å². The van der Waals surface area contributed by atoms with Crippen molar-refractivity contribution < 1.29 is 23.1 Å². The van der Waals surface area contributed by atoms with Crippen LogP contribution in [-0.2, 0) is 11.3 Å². The van der Waals surface area contributed by atoms with Gasteiger partial charge in [0.2, 0.25) is 5.92 Å². The molecule has 9 heteroatoms. The fraction of sp³-hybridized carbons (Fsp3) is 0.565. The smallest absolute Gasteiger partial charge is 0.407 e. The van der Waals surface area contributed by atoms with E-state index in [1.807, 2.05) is 10.6 Å². The molecule has 2 aromatic rings. The maximum Gasteiger partial charge on any atom is 0.407 e. The Bertz CT molecular complexity index is 975. The highest BCUT2D eigenvalue weighted by atomic mass is 35.5. The van der Waals surface area contributed by atoms with Crippen LogP contribution >= 0.6 is 11.6 Å². The monoisotopic (exact) mass is 469 g/mol. The third-order valence-corrected chi connectivity index (χ3v) is 5.82. The fourth-order valence-electron chi connectivity index (χ4n) is 3.89. The van der Waals surface area contributed by atoms with Crippen LogP contribution in [-0.4, -0.2) is 41.2 Å². The van der Waals surface area contributed by atoms with Crippen molar-refractivity contribution in [1.29, 1.82) is 0 Å². The highest BCUT2D eigenvalue weighted by Gasteiger charge is 2.35. The summed E-state index contributed by atoms with van der Waals surface area (Å²) in [5.74, 6) is -2.84. The summed E-state index contributed by atoms with van der Waals surface area (Å²) >= 11 is 6.39. The Morgan fingerprint density at radius 1 is 1.22 bits per heavy atom. The van der Waals surface area contributed by atoms with Gasteiger partial charge in [-0.25, -0.2) is 13.6 Å². The number of ether oxygens (including phenoxy) is 1. The van der Waals surface area contributed by atoms with Crippen molar-refractivity contribution in [3.8, 4) is 0 Å². The van der Waals surface area contributed by atoms with Gasteiger partial charge in [-0.05, 0) is 51.7 Å². The summed E-state index contributed by atoms with van der Waals surface area (Å²) < 4.78 is 33.8. The first kappa shape index (κ1) is 24.3. The van der Waals surface area contributed by atoms with Gasteiger partial charge < -0.3 is 19.9 Å². The highest BCUT2D eigenvalue weighted by Crippen LogP contribution is 2.36. The Hall–Kier alpha value is -2.35. The lowest BCUT2D eigenvalue weighted by molar-refractivity contribution is -0.0452. The summed E-state index contributed by atoms with van der Waals surface area (Å²) in [4.78, 5) is 24.8. The van der Waals surface area contributed by atoms with Crippen LogP contribution in [0.5, 0.6) is 0 Å². The van der Waals surface area contributed by atoms with Crippen LogP contribution in [0.3, 0.4) is 0 Å². The number of alkyl carbamates (subject to hydrolysis) is 1. The topological polar surface area (TPSA) is 72.4 Å². The minimum atomic E-state index is -2.59. The van der Waals surface area contributed by atoms with Gasteiger partial charge in [0.15, 0.2) is 0 Å². The molecule has 1 aromatic heterocycles. The molecule has 1 heterocycles. The lowest BCUT2D eigenvalue weighted by Crippen LogP contribution is -2.34. The van der Waals surface area contributed by atoms with Crippen molar-refractivity contribution in [3.05, 3.63) is 35.0 Å². The van der Waals surface area contributed by atoms with Crippen LogP contribution < -0.4 is 10.6 Å². The lowest BCUT2D eigenvalue weighted by Gasteiger charge is -2.28. The minimum absolute atomic E-state index is 0.0421. The molecule has 6 nitrogen and oxygen atoms in total. The van der Waals surface area contributed by atoms with Crippen molar-refractivity contribution in [2.75, 3.05) is 13.1 Å². The summed E-state index contributed by atoms with van der Waals surface area (Å²) in [7, 11) is 0. The molecular weight excluding hydrogens is 440 g/mol. The molecule has 0 unspecified atom stereocenters. The van der Waals surface area contributed by atoms with Crippen molar-refractivity contribution in [2.45, 2.75) is 64.5 Å². The Kier molecular flexibility index (Phi) is 7.32. The SMILES string of the molecule is CC(C)(C)OC(=O)NCCn1cc(C(=O)NCC2CCC(F)(F)CC2)c2c(Cl)cccc21. The van der Waals surface area contributed by atoms with E-state index in [2.05, 4.69) is 10.6 Å². The summed E-state index contributed by atoms with van der Waals surface area (Å²) in [5.41, 5.74) is 0.604. The number of carbonyl (C=O) groups excluding carboxylic acids is 2. The van der Waals surface area contributed by atoms with Crippen LogP contribution in [0.1, 0.15) is 56.8 Å². The first-order chi connectivity index (χ1) is 15.0. The zero-order valence-corrected chi connectivity index (χ0v) is 19.4. The molecule has 1 aromatic carbocycles. The Balaban J connectivity index is 1.66. The number of benzene rings is 1. The molecule has 0 saturated heterocycles. The van der Waals surface area contributed by atoms with Crippen LogP contribution in [0.2, 0.25) is 5.02 Å². The summed E-state index contributed by atoms with van der Waals surface area (Å²) in [5, 5.41) is 6.66. The van der Waals surface area contributed by atoms with Gasteiger partial charge >= 0.3 is 6.09 Å². The zero-order chi connectivity index (χ0) is 23.5. The molecule has 176 valence electrons. The van der Waals surface area contributed by atoms with Gasteiger partial charge in [0.05, 0.1) is 16.1 Å². The van der Waals surface area contributed by atoms with Gasteiger partial charge in [-0.3, -0.25) is 4.79 Å². The largest absolute Gasteiger partial charge is 0.444 e. The van der Waals surface area contributed by atoms with E-state index < -0.39 is 17.6 Å². The average Bonchev–Trinajstić information content (AvgIpc) is 3.06. The molecule has 2 N–H and O–H groups in total. The number of nitrogens with one attached hydrogen (secondary N) is 2. The first-order valence-corrected chi connectivity index (χ1v) is 11.2. The quantitative estimate of drug-likeness (QED) is 0.597. The number of halogens is 3. The van der Waals surface area contributed by atoms with Crippen LogP contribution in [0.4, 0.5) is 13.6 Å². The molecule has 0 spiro atoms. The van der Waals surface area contributed by atoms with Crippen molar-refractivity contribution >= 4 is 34.5 Å². The first-order valence-electron chi connectivity index (χ1n) is 10.9. The van der Waals surface area contributed by atoms with Gasteiger partial charge in [-0.2, -0.15) is 0 Å². The van der Waals surface area contributed by atoms with E-state index in [0.29, 0.717) is 48.4 Å². The van der Waals surface area contributed by atoms with E-state index in [0.717, 1.165) is 5.52 Å². The van der Waals surface area contributed by atoms with Crippen LogP contribution in [0.25, 0.3) is 10.9 Å². The highest BCUT2D eigenvalue weighted by molar-refractivity contribution is 6.36. The summed E-state index contributed by atoms with van der Waals surface area (Å²) in [6.45, 7) is 6.45. The van der Waals surface area contributed by atoms with E-state index in [9.17, 15) is 18.4 Å². The molecule has 0 atom stereocenters. The normalized spacial score (nSPS) is 16.7. The maximum absolute atomic E-state index is 13.4. The average molecular weight is 470 g/mol. The molecule has 1 aliphatic carbocycles. The predicted molar refractivity (Wildman–Crippen MR) is 120 cm³/mol. The van der Waals surface area contributed by atoms with Crippen LogP contribution in [0, 0.1) is 5.92 Å². The fourth-order valence-corrected chi connectivity index (χ4v) is 4.17. The maximum atomic E-state index is 13.4. The number of amides is 2. The lowest BCUT2D eigenvalue weighted by atomic mass is 9.87. The third-order valence-electron chi connectivity index (χ3n) is 5.51. The van der Waals surface area contributed by atoms with Gasteiger partial charge in [0.1, 0.15) is 5.60 Å². The van der Waals surface area contributed by atoms with Gasteiger partial charge in [-0.15, -0.1) is 0 Å². The molecule has 0 bridgehead atoms. The van der Waals surface area contributed by atoms with E-state index >= 15 is 0 Å². The van der Waals surface area contributed by atoms with E-state index in [-0.39, 0.29) is 24.7 Å². The Morgan fingerprint density at radius 2 is 1.91 bits per heavy atom. The van der Waals surface area contributed by atoms with Crippen molar-refractivity contribution in [2.24, 2.45) is 5.92 Å². The molecule has 1 fully saturated rings. The third kappa shape index (κ3) is 6.34. The number of hydrogen-bond donors (Lipinski definition) is 2. The standard InChI is InChI=1S/C23H30ClF2N3O3/c1-22(2,3)32-21(31)27-11-12-29-14-16(19-17(24)5-4-6-18(19)29)20(30)28-13-15-7-9-23(25,26)10-8-15/h4-6,14-15H,7-13H2,1-3H3,(H,27,31)(H,28,30). The number of aromatic nitrogens is 1. The number of nitrogens with zero attached hydrogens (tertiary/aromatic N) is 1. The number of carbonyl (C=O) groups is 2. The Morgan fingerprint density at radius 3 is 2.56 bits per heavy atom. The van der Waals surface area contributed by atoms with Crippen molar-refractivity contribution in [3.63, 3.8) is 0 Å². The van der Waals surface area contributed by atoms with E-state index in [1.54, 1.807) is 39.1 Å². The number of rotatable bonds is 6. The molecule has 1 saturated carbocycles. The number of alkyl halides is 2. The molecule has 3 rings (SSSR count). The van der Waals surface area contributed by atoms with E-state index in [4.69, 9.17) is 16.3 Å². The van der Waals surface area contributed by atoms with Gasteiger partial charge in [0.25, 0.3) is 5.91 Å². The predicted octanol–water partition coefficient (Wildman–Crippen LogP) is 5.37. The van der Waals surface area contributed by atoms with Gasteiger partial charge in [0, 0.05) is 44.1 Å². The molecular formula is C23H30ClF2N3O3. The molecule has 0 aliphatic heterocycles. The summed E-state index contributed by atoms with van der Waals surface area (Å²) in [6, 6.07) is 5.37. The zero-order valence-electron chi connectivity index (χ0n) is 18.6. The van der Waals surface area contributed by atoms with Gasteiger partial charge in [-0.1, -0.05) is 17.7 Å². The molecule has 1 aliphatic rings. The molecule has 2 amide bonds. The molecule has 0 radical (unpaired) electrons. The second-order valence-electron chi connectivity index (χ2n) is 9.31. The number of hydrogen-bond acceptors (Lipinski definition) is 3. The number of fused-ring (bicyclic) bond motifs is 1. The van der Waals surface area contributed by atoms with Crippen molar-refractivity contribution in [1.82, 2.24) is 15.2 Å². The second kappa shape index (κ2) is 9.65. The Labute approximate surface area is 191 Å². The second-order valence-corrected chi connectivity index (χ2v) is 9.72. The minimum Gasteiger partial charge on any atom is -0.444 e. The summed E-state index contributed by atoms with van der Waals surface area (Å²) in [6.07, 6.45) is 1.71. The van der Waals surface area contributed by atoms with E-state index in [1.165, 1.54) is 0 Å². The molecule has 32 heavy (non-hydrogen) atoms.